The van der Waals surface area contributed by atoms with Gasteiger partial charge in [0.15, 0.2) is 17.3 Å². The molecule has 0 radical (unpaired) electrons. The van der Waals surface area contributed by atoms with Crippen molar-refractivity contribution in [2.75, 3.05) is 100 Å². The normalized spacial score (nSPS) is 13.9. The van der Waals surface area contributed by atoms with Crippen LogP contribution in [-0.4, -0.2) is 147 Å². The maximum absolute atomic E-state index is 13.5. The summed E-state index contributed by atoms with van der Waals surface area (Å²) < 4.78 is 63.8. The predicted octanol–water partition coefficient (Wildman–Crippen LogP) is 11.8. The Balaban J connectivity index is 0.000000144. The Morgan fingerprint density at radius 2 is 0.725 bits per heavy atom. The summed E-state index contributed by atoms with van der Waals surface area (Å²) in [5.41, 5.74) is 0.187. The first kappa shape index (κ1) is 73.7. The van der Waals surface area contributed by atoms with E-state index in [0.29, 0.717) is 115 Å². The van der Waals surface area contributed by atoms with Crippen molar-refractivity contribution in [3.63, 3.8) is 0 Å². The molecule has 3 fully saturated rings. The molecule has 3 aliphatic heterocycles. The van der Waals surface area contributed by atoms with Crippen LogP contribution in [0.3, 0.4) is 0 Å². The maximum atomic E-state index is 13.5. The number of furan rings is 3. The largest absolute Gasteiger partial charge is 0.497 e. The molecular formula is C78H69F3N12O16. The van der Waals surface area contributed by atoms with Crippen LogP contribution in [0.4, 0.5) is 47.3 Å². The van der Waals surface area contributed by atoms with Gasteiger partial charge in [0.05, 0.1) is 75.9 Å². The van der Waals surface area contributed by atoms with E-state index in [9.17, 15) is 72.3 Å². The number of ether oxygens (including phenoxy) is 1. The van der Waals surface area contributed by atoms with Crippen molar-refractivity contribution >= 4 is 84.6 Å². The van der Waals surface area contributed by atoms with E-state index in [0.717, 1.165) is 23.3 Å². The molecule has 3 saturated heterocycles. The van der Waals surface area contributed by atoms with Crippen molar-refractivity contribution < 1.29 is 60.3 Å². The van der Waals surface area contributed by atoms with Crippen LogP contribution in [0.1, 0.15) is 53.9 Å². The summed E-state index contributed by atoms with van der Waals surface area (Å²) in [5, 5.41) is 38.3. The number of pyridine rings is 3. The van der Waals surface area contributed by atoms with Crippen LogP contribution in [-0.2, 0) is 32.2 Å². The number of alkyl halides is 3. The summed E-state index contributed by atoms with van der Waals surface area (Å²) in [6, 6.07) is 52.1. The molecule has 0 bridgehead atoms. The van der Waals surface area contributed by atoms with Gasteiger partial charge in [0, 0.05) is 101 Å². The Morgan fingerprint density at radius 3 is 1.05 bits per heavy atom. The number of nitrogens with zero attached hydrogens (tertiary/aromatic N) is 12. The zero-order chi connectivity index (χ0) is 76.6. The molecule has 0 N–H and O–H groups in total. The second-order valence-electron chi connectivity index (χ2n) is 25.7. The zero-order valence-corrected chi connectivity index (χ0v) is 58.5. The Labute approximate surface area is 616 Å². The van der Waals surface area contributed by atoms with E-state index in [1.165, 1.54) is 44.6 Å². The molecule has 6 aromatic heterocycles. The van der Waals surface area contributed by atoms with Crippen LogP contribution < -0.4 is 36.1 Å². The summed E-state index contributed by atoms with van der Waals surface area (Å²) in [7, 11) is 1.57. The number of methoxy groups -OCH3 is 1. The van der Waals surface area contributed by atoms with Gasteiger partial charge in [-0.15, -0.1) is 0 Å². The fraction of sp³-hybridized carbons (Fsp3) is 0.231. The molecule has 15 rings (SSSR count). The van der Waals surface area contributed by atoms with Gasteiger partial charge in [-0.05, 0) is 102 Å². The molecule has 3 amide bonds. The number of rotatable bonds is 17. The number of carbonyl (C=O) groups excluding carboxylic acids is 3. The van der Waals surface area contributed by atoms with Crippen LogP contribution in [0.15, 0.2) is 234 Å². The fourth-order valence-electron chi connectivity index (χ4n) is 14.0. The van der Waals surface area contributed by atoms with Gasteiger partial charge in [-0.3, -0.25) is 68.2 Å². The van der Waals surface area contributed by atoms with Crippen LogP contribution in [0.5, 0.6) is 5.75 Å². The van der Waals surface area contributed by atoms with Crippen LogP contribution in [0, 0.1) is 30.3 Å². The van der Waals surface area contributed by atoms with Crippen molar-refractivity contribution in [3.8, 4) is 5.75 Å². The van der Waals surface area contributed by atoms with Crippen molar-refractivity contribution in [2.45, 2.75) is 32.2 Å². The van der Waals surface area contributed by atoms with E-state index in [1.54, 1.807) is 118 Å². The van der Waals surface area contributed by atoms with Gasteiger partial charge in [0.1, 0.15) is 22.8 Å². The first-order valence-corrected chi connectivity index (χ1v) is 34.6. The minimum absolute atomic E-state index is 0.149. The minimum Gasteiger partial charge on any atom is -0.497 e. The van der Waals surface area contributed by atoms with Crippen molar-refractivity contribution in [3.05, 3.63) is 308 Å². The lowest BCUT2D eigenvalue weighted by molar-refractivity contribution is -0.385. The van der Waals surface area contributed by atoms with Gasteiger partial charge in [-0.25, -0.2) is 0 Å². The number of benzene rings is 6. The van der Waals surface area contributed by atoms with E-state index >= 15 is 0 Å². The second-order valence-corrected chi connectivity index (χ2v) is 25.7. The van der Waals surface area contributed by atoms with Crippen molar-refractivity contribution in [1.82, 2.24) is 28.4 Å². The number of anilines is 3. The molecule has 0 atom stereocenters. The number of fused-ring (bicyclic) bond motifs is 3. The number of hydrogen-bond donors (Lipinski definition) is 0. The van der Waals surface area contributed by atoms with E-state index in [1.807, 2.05) is 82.6 Å². The number of aryl methyl sites for hydroxylation is 2. The summed E-state index contributed by atoms with van der Waals surface area (Å²) >= 11 is 0. The molecule has 0 aliphatic carbocycles. The van der Waals surface area contributed by atoms with Gasteiger partial charge < -0.3 is 52.0 Å². The third-order valence-electron chi connectivity index (χ3n) is 19.3. The van der Waals surface area contributed by atoms with Gasteiger partial charge in [0.25, 0.3) is 17.7 Å². The molecule has 6 aromatic carbocycles. The monoisotopic (exact) mass is 1490 g/mol. The molecule has 12 aromatic rings. The van der Waals surface area contributed by atoms with E-state index in [-0.39, 0.29) is 85.6 Å². The standard InChI is InChI=1S/C26H21F3N4O5.C26H24N4O6.C26H24N4O5/c27-26(28,29)18-9-7-17(8-10-18)16-32-20-5-2-1-4-19(20)22(23(25(32)35)33(36)37)30-11-13-31(14-12-30)24(34)21-6-3-15-38-21;1-35-19-10-8-18(9-11-19)17-29-21-6-3-2-5-20(21)23(24(26(29)32)30(33)34)27-12-14-28(15-13-27)25(31)22-7-4-16-36-22;31-25(22-11-6-18-35-22)28-16-14-27(15-17-28)23-20-9-4-5-10-21(20)29(26(32)24(23)30(33)34)13-12-19-7-2-1-3-8-19/h1-10,15H,11-14,16H2;2-11,16H,12-15,17H2,1H3;1-11,18H,12-17H2. The lowest BCUT2D eigenvalue weighted by Gasteiger charge is -2.36. The third kappa shape index (κ3) is 15.6. The summed E-state index contributed by atoms with van der Waals surface area (Å²) in [5.74, 6) is 0.653. The summed E-state index contributed by atoms with van der Waals surface area (Å²) in [6.45, 7) is 4.23. The molecule has 28 nitrogen and oxygen atoms in total. The van der Waals surface area contributed by atoms with Crippen LogP contribution in [0.2, 0.25) is 0 Å². The van der Waals surface area contributed by atoms with Gasteiger partial charge in [-0.2, -0.15) is 13.2 Å². The SMILES string of the molecule is COc1ccc(Cn2c(=O)c([N+](=O)[O-])c(N3CCN(C(=O)c4ccco4)CC3)c3ccccc32)cc1.O=C(c1ccco1)N1CCN(c2c([N+](=O)[O-])c(=O)n(CCc3ccccc3)c3ccccc23)CC1.O=C(c1ccco1)N1CCN(c2c([N+](=O)[O-])c(=O)n(Cc3ccc(C(F)(F)F)cc3)c3ccccc23)CC1. The molecule has 0 spiro atoms. The molecule has 9 heterocycles. The molecular weight excluding hydrogens is 1420 g/mol. The highest BCUT2D eigenvalue weighted by Crippen LogP contribution is 2.39. The Morgan fingerprint density at radius 1 is 0.404 bits per heavy atom. The highest BCUT2D eigenvalue weighted by molar-refractivity contribution is 6.00. The number of halogens is 3. The molecule has 31 heteroatoms. The summed E-state index contributed by atoms with van der Waals surface area (Å²) in [4.78, 5) is 123. The average molecular weight is 1490 g/mol. The number of carbonyl (C=O) groups is 3. The first-order chi connectivity index (χ1) is 52.7. The molecule has 0 unspecified atom stereocenters. The highest BCUT2D eigenvalue weighted by atomic mass is 19.4. The van der Waals surface area contributed by atoms with Crippen molar-refractivity contribution in [1.29, 1.82) is 0 Å². The van der Waals surface area contributed by atoms with Crippen LogP contribution in [0.25, 0.3) is 32.7 Å². The third-order valence-corrected chi connectivity index (χ3v) is 19.3. The number of hydrogen-bond acceptors (Lipinski definition) is 19. The van der Waals surface area contributed by atoms with Gasteiger partial charge in [-0.1, -0.05) is 109 Å². The fourth-order valence-corrected chi connectivity index (χ4v) is 14.0. The minimum atomic E-state index is -4.50. The molecule has 109 heavy (non-hydrogen) atoms. The van der Waals surface area contributed by atoms with Crippen LogP contribution >= 0.6 is 0 Å². The quantitative estimate of drug-likeness (QED) is 0.0604. The number of nitro groups is 3. The number of para-hydroxylation sites is 3. The Kier molecular flexibility index (Phi) is 21.6. The second kappa shape index (κ2) is 32.0. The lowest BCUT2D eigenvalue weighted by atomic mass is 10.1. The number of piperazine rings is 3. The maximum Gasteiger partial charge on any atom is 0.416 e. The average Bonchev–Trinajstić information content (AvgIpc) is 0.894. The van der Waals surface area contributed by atoms with E-state index in [2.05, 4.69) is 0 Å². The van der Waals surface area contributed by atoms with Gasteiger partial charge >= 0.3 is 39.9 Å². The molecule has 0 saturated carbocycles. The predicted molar refractivity (Wildman–Crippen MR) is 398 cm³/mol. The smallest absolute Gasteiger partial charge is 0.416 e. The summed E-state index contributed by atoms with van der Waals surface area (Å²) in [6.07, 6.45) is 0.369. The van der Waals surface area contributed by atoms with E-state index in [4.69, 9.17) is 18.0 Å². The van der Waals surface area contributed by atoms with Crippen molar-refractivity contribution in [2.24, 2.45) is 0 Å². The topological polar surface area (TPSA) is 315 Å². The first-order valence-electron chi connectivity index (χ1n) is 34.6. The number of aromatic nitrogens is 3. The molecule has 558 valence electrons. The highest BCUT2D eigenvalue weighted by Gasteiger charge is 2.37. The lowest BCUT2D eigenvalue weighted by Crippen LogP contribution is -2.49. The number of amides is 3. The Hall–Kier alpha value is -13.6. The van der Waals surface area contributed by atoms with E-state index < -0.39 is 60.2 Å². The Bertz CT molecular complexity index is 5540. The zero-order valence-electron chi connectivity index (χ0n) is 58.5. The molecule has 3 aliphatic rings. The van der Waals surface area contributed by atoms with Gasteiger partial charge in [0.2, 0.25) is 0 Å².